The number of rotatable bonds is 2. The van der Waals surface area contributed by atoms with Crippen LogP contribution in [0, 0.1) is 11.6 Å². The summed E-state index contributed by atoms with van der Waals surface area (Å²) in [5, 5.41) is 0. The highest BCUT2D eigenvalue weighted by Gasteiger charge is 2.53. The van der Waals surface area contributed by atoms with Crippen molar-refractivity contribution < 1.29 is 18.1 Å². The van der Waals surface area contributed by atoms with Gasteiger partial charge in [0.25, 0.3) is 0 Å². The number of hydrogen-bond acceptors (Lipinski definition) is 3. The van der Waals surface area contributed by atoms with Crippen molar-refractivity contribution in [2.24, 2.45) is 5.73 Å². The molecule has 0 aliphatic carbocycles. The fourth-order valence-electron chi connectivity index (χ4n) is 1.91. The molecule has 1 heterocycles. The Morgan fingerprint density at radius 2 is 1.58 bits per heavy atom. The third-order valence-corrected chi connectivity index (χ3v) is 3.89. The third kappa shape index (κ3) is 2.52. The number of hydrogen-bond donors (Lipinski definition) is 1. The summed E-state index contributed by atoms with van der Waals surface area (Å²) in [4.78, 5) is 0. The van der Waals surface area contributed by atoms with E-state index >= 15 is 0 Å². The van der Waals surface area contributed by atoms with Crippen LogP contribution in [0.3, 0.4) is 0 Å². The van der Waals surface area contributed by atoms with Crippen molar-refractivity contribution >= 4 is 7.12 Å². The highest BCUT2D eigenvalue weighted by Crippen LogP contribution is 2.39. The molecule has 0 radical (unpaired) electrons. The second-order valence-corrected chi connectivity index (χ2v) is 5.82. The minimum absolute atomic E-state index is 0.442. The Kier molecular flexibility index (Phi) is 3.45. The second-order valence-electron chi connectivity index (χ2n) is 5.82. The van der Waals surface area contributed by atoms with Crippen LogP contribution < -0.4 is 5.73 Å². The number of halogens is 2. The average Bonchev–Trinajstić information content (AvgIpc) is 2.51. The summed E-state index contributed by atoms with van der Waals surface area (Å²) < 4.78 is 37.7. The van der Waals surface area contributed by atoms with E-state index in [0.29, 0.717) is 5.56 Å². The first-order valence-corrected chi connectivity index (χ1v) is 6.20. The van der Waals surface area contributed by atoms with Gasteiger partial charge < -0.3 is 15.0 Å². The lowest BCUT2D eigenvalue weighted by atomic mass is 9.75. The normalized spacial score (nSPS) is 22.6. The van der Waals surface area contributed by atoms with E-state index < -0.39 is 35.9 Å². The van der Waals surface area contributed by atoms with Crippen LogP contribution in [0.15, 0.2) is 18.2 Å². The van der Waals surface area contributed by atoms with Gasteiger partial charge in [-0.2, -0.15) is 0 Å². The lowest BCUT2D eigenvalue weighted by Crippen LogP contribution is -2.41. The molecule has 1 atom stereocenters. The Hall–Kier alpha value is -0.975. The van der Waals surface area contributed by atoms with Gasteiger partial charge in [0.2, 0.25) is 0 Å². The van der Waals surface area contributed by atoms with Crippen molar-refractivity contribution in [2.45, 2.75) is 44.8 Å². The molecule has 0 bridgehead atoms. The molecular formula is C13H18BF2NO2. The predicted molar refractivity (Wildman–Crippen MR) is 69.4 cm³/mol. The van der Waals surface area contributed by atoms with E-state index in [1.807, 2.05) is 27.7 Å². The Balaban J connectivity index is 2.22. The van der Waals surface area contributed by atoms with Gasteiger partial charge in [0.05, 0.1) is 17.1 Å². The van der Waals surface area contributed by atoms with E-state index in [4.69, 9.17) is 15.0 Å². The molecule has 1 aliphatic rings. The van der Waals surface area contributed by atoms with E-state index in [1.54, 1.807) is 0 Å². The van der Waals surface area contributed by atoms with Gasteiger partial charge in [-0.3, -0.25) is 0 Å². The van der Waals surface area contributed by atoms with Gasteiger partial charge in [-0.15, -0.1) is 0 Å². The average molecular weight is 269 g/mol. The van der Waals surface area contributed by atoms with Crippen LogP contribution in [0.25, 0.3) is 0 Å². The van der Waals surface area contributed by atoms with Gasteiger partial charge >= 0.3 is 7.12 Å². The van der Waals surface area contributed by atoms with E-state index in [9.17, 15) is 8.78 Å². The maximum absolute atomic E-state index is 13.2. The predicted octanol–water partition coefficient (Wildman–Crippen LogP) is 2.60. The van der Waals surface area contributed by atoms with E-state index in [0.717, 1.165) is 12.1 Å². The second kappa shape index (κ2) is 4.54. The Morgan fingerprint density at radius 3 is 2.05 bits per heavy atom. The summed E-state index contributed by atoms with van der Waals surface area (Å²) in [6, 6.07) is 3.56. The zero-order valence-electron chi connectivity index (χ0n) is 11.5. The van der Waals surface area contributed by atoms with E-state index in [-0.39, 0.29) is 0 Å². The Morgan fingerprint density at radius 1 is 1.05 bits per heavy atom. The molecule has 1 aromatic carbocycles. The van der Waals surface area contributed by atoms with Crippen LogP contribution in [0.5, 0.6) is 0 Å². The molecule has 1 aromatic rings. The summed E-state index contributed by atoms with van der Waals surface area (Å²) in [6.07, 6.45) is 0. The minimum atomic E-state index is -0.926. The summed E-state index contributed by atoms with van der Waals surface area (Å²) in [5.74, 6) is -2.49. The molecule has 2 rings (SSSR count). The maximum Gasteiger partial charge on any atom is 0.480 e. The van der Waals surface area contributed by atoms with Crippen molar-refractivity contribution in [3.8, 4) is 0 Å². The minimum Gasteiger partial charge on any atom is -0.402 e. The van der Waals surface area contributed by atoms with E-state index in [1.165, 1.54) is 6.07 Å². The van der Waals surface area contributed by atoms with Crippen LogP contribution in [0.1, 0.15) is 39.2 Å². The van der Waals surface area contributed by atoms with Crippen molar-refractivity contribution in [3.05, 3.63) is 35.4 Å². The molecule has 0 aromatic heterocycles. The standard InChI is InChI=1S/C13H18BF2NO2/c1-12(2)13(3,4)19-14(18-12)11(17)8-5-6-9(15)10(16)7-8/h5-7,11H,17H2,1-4H3/t11-/m1/s1. The molecule has 0 amide bonds. The fourth-order valence-corrected chi connectivity index (χ4v) is 1.91. The van der Waals surface area contributed by atoms with Gasteiger partial charge in [0.1, 0.15) is 0 Å². The first-order valence-electron chi connectivity index (χ1n) is 6.20. The number of benzene rings is 1. The van der Waals surface area contributed by atoms with Crippen LogP contribution in [0.4, 0.5) is 8.78 Å². The molecular weight excluding hydrogens is 251 g/mol. The molecule has 2 N–H and O–H groups in total. The first kappa shape index (κ1) is 14.4. The maximum atomic E-state index is 13.2. The first-order chi connectivity index (χ1) is 8.64. The van der Waals surface area contributed by atoms with Crippen molar-refractivity contribution in [2.75, 3.05) is 0 Å². The number of nitrogens with two attached hydrogens (primary N) is 1. The fraction of sp³-hybridized carbons (Fsp3) is 0.538. The molecule has 1 fully saturated rings. The third-order valence-electron chi connectivity index (χ3n) is 3.89. The molecule has 1 aliphatic heterocycles. The van der Waals surface area contributed by atoms with Crippen LogP contribution in [-0.2, 0) is 9.31 Å². The molecule has 6 heteroatoms. The summed E-state index contributed by atoms with van der Waals surface area (Å²) in [6.45, 7) is 7.63. The summed E-state index contributed by atoms with van der Waals surface area (Å²) in [5.41, 5.74) is 5.45. The molecule has 104 valence electrons. The van der Waals surface area contributed by atoms with Gasteiger partial charge in [-0.05, 0) is 45.4 Å². The van der Waals surface area contributed by atoms with Crippen molar-refractivity contribution in [1.29, 1.82) is 0 Å². The van der Waals surface area contributed by atoms with Crippen molar-refractivity contribution in [1.82, 2.24) is 0 Å². The summed E-state index contributed by atoms with van der Waals surface area (Å²) >= 11 is 0. The zero-order valence-corrected chi connectivity index (χ0v) is 11.5. The highest BCUT2D eigenvalue weighted by molar-refractivity contribution is 6.47. The molecule has 19 heavy (non-hydrogen) atoms. The van der Waals surface area contributed by atoms with Crippen LogP contribution in [0.2, 0.25) is 0 Å². The Labute approximate surface area is 112 Å². The SMILES string of the molecule is CC1(C)OB([C@H](N)c2ccc(F)c(F)c2)OC1(C)C. The molecule has 3 nitrogen and oxygen atoms in total. The molecule has 0 unspecified atom stereocenters. The van der Waals surface area contributed by atoms with E-state index in [2.05, 4.69) is 0 Å². The lowest BCUT2D eigenvalue weighted by molar-refractivity contribution is 0.00578. The van der Waals surface area contributed by atoms with Gasteiger partial charge in [0, 0.05) is 0 Å². The van der Waals surface area contributed by atoms with Gasteiger partial charge in [-0.1, -0.05) is 6.07 Å². The monoisotopic (exact) mass is 269 g/mol. The lowest BCUT2D eigenvalue weighted by Gasteiger charge is -2.32. The zero-order chi connectivity index (χ0) is 14.4. The topological polar surface area (TPSA) is 44.5 Å². The van der Waals surface area contributed by atoms with Gasteiger partial charge in [-0.25, -0.2) is 8.78 Å². The van der Waals surface area contributed by atoms with Crippen molar-refractivity contribution in [3.63, 3.8) is 0 Å². The largest absolute Gasteiger partial charge is 0.480 e. The molecule has 1 saturated heterocycles. The van der Waals surface area contributed by atoms with Crippen LogP contribution in [-0.4, -0.2) is 18.3 Å². The smallest absolute Gasteiger partial charge is 0.402 e. The van der Waals surface area contributed by atoms with Crippen LogP contribution >= 0.6 is 0 Å². The summed E-state index contributed by atoms with van der Waals surface area (Å²) in [7, 11) is -0.685. The Bertz CT molecular complexity index is 478. The quantitative estimate of drug-likeness (QED) is 0.839. The molecule has 0 saturated carbocycles. The van der Waals surface area contributed by atoms with Gasteiger partial charge in [0.15, 0.2) is 11.6 Å². The molecule has 0 spiro atoms. The highest BCUT2D eigenvalue weighted by atomic mass is 19.2.